The summed E-state index contributed by atoms with van der Waals surface area (Å²) in [5.74, 6) is -0.368. The number of nitrogens with zero attached hydrogens (tertiary/aromatic N) is 3. The largest absolute Gasteiger partial charge is 0.383 e. The zero-order valence-electron chi connectivity index (χ0n) is 17.5. The minimum atomic E-state index is -0.204. The standard InChI is InChI=1S/C22H25ClN6O2/c1-3-19-21(29-13-17(23)6-9-20(29)27-19)22(31)26-12-16-4-7-18(8-5-16)25-10-11-28(14-24)15(2)30/h4-9,13-14,24-25H,3,10-12H2,1-2H3,(H,26,31). The summed E-state index contributed by atoms with van der Waals surface area (Å²) < 4.78 is 1.72. The van der Waals surface area contributed by atoms with Crippen molar-refractivity contribution in [3.05, 3.63) is 64.6 Å². The maximum absolute atomic E-state index is 12.9. The van der Waals surface area contributed by atoms with Gasteiger partial charge in [0.05, 0.1) is 17.1 Å². The van der Waals surface area contributed by atoms with Gasteiger partial charge < -0.3 is 15.5 Å². The number of imidazole rings is 1. The SMILES string of the molecule is CCc1nc2ccc(Cl)cn2c1C(=O)NCc1ccc(NCCN(C=N)C(C)=O)cc1. The number of pyridine rings is 1. The van der Waals surface area contributed by atoms with Crippen LogP contribution in [0.3, 0.4) is 0 Å². The second-order valence-electron chi connectivity index (χ2n) is 6.98. The fraction of sp³-hybridized carbons (Fsp3) is 0.273. The summed E-state index contributed by atoms with van der Waals surface area (Å²) in [6.07, 6.45) is 3.36. The Kier molecular flexibility index (Phi) is 7.25. The van der Waals surface area contributed by atoms with Crippen LogP contribution in [0.25, 0.3) is 5.65 Å². The Balaban J connectivity index is 1.60. The first-order chi connectivity index (χ1) is 14.9. The van der Waals surface area contributed by atoms with Gasteiger partial charge in [-0.05, 0) is 36.2 Å². The number of aryl methyl sites for hydroxylation is 1. The van der Waals surface area contributed by atoms with E-state index in [4.69, 9.17) is 17.0 Å². The zero-order valence-corrected chi connectivity index (χ0v) is 18.2. The van der Waals surface area contributed by atoms with E-state index in [0.29, 0.717) is 42.4 Å². The van der Waals surface area contributed by atoms with Crippen molar-refractivity contribution in [1.82, 2.24) is 19.6 Å². The molecule has 0 saturated carbocycles. The van der Waals surface area contributed by atoms with E-state index in [1.807, 2.05) is 31.2 Å². The topological polar surface area (TPSA) is 103 Å². The monoisotopic (exact) mass is 440 g/mol. The Morgan fingerprint density at radius 1 is 1.23 bits per heavy atom. The Morgan fingerprint density at radius 2 is 1.97 bits per heavy atom. The van der Waals surface area contributed by atoms with Gasteiger partial charge in [-0.2, -0.15) is 0 Å². The molecule has 0 fully saturated rings. The van der Waals surface area contributed by atoms with E-state index in [2.05, 4.69) is 15.6 Å². The molecule has 3 N–H and O–H groups in total. The number of amides is 2. The molecule has 0 aliphatic heterocycles. The van der Waals surface area contributed by atoms with Crippen LogP contribution in [0.1, 0.15) is 35.6 Å². The first-order valence-corrected chi connectivity index (χ1v) is 10.4. The molecule has 0 saturated heterocycles. The molecule has 8 nitrogen and oxygen atoms in total. The molecule has 2 aromatic heterocycles. The predicted octanol–water partition coefficient (Wildman–Crippen LogP) is 3.35. The van der Waals surface area contributed by atoms with Crippen LogP contribution in [0.2, 0.25) is 5.02 Å². The highest BCUT2D eigenvalue weighted by Crippen LogP contribution is 2.18. The zero-order chi connectivity index (χ0) is 22.4. The number of hydrogen-bond donors (Lipinski definition) is 3. The third kappa shape index (κ3) is 5.40. The molecule has 3 rings (SSSR count). The van der Waals surface area contributed by atoms with Gasteiger partial charge in [0.25, 0.3) is 5.91 Å². The molecule has 0 unspecified atom stereocenters. The molecule has 0 spiro atoms. The van der Waals surface area contributed by atoms with Crippen molar-refractivity contribution in [2.24, 2.45) is 0 Å². The number of hydrogen-bond acceptors (Lipinski definition) is 5. The Bertz CT molecular complexity index is 1090. The summed E-state index contributed by atoms with van der Waals surface area (Å²) in [5, 5.41) is 13.9. The van der Waals surface area contributed by atoms with Gasteiger partial charge in [0.15, 0.2) is 0 Å². The predicted molar refractivity (Wildman–Crippen MR) is 122 cm³/mol. The average Bonchev–Trinajstić information content (AvgIpc) is 3.13. The van der Waals surface area contributed by atoms with Crippen molar-refractivity contribution in [2.45, 2.75) is 26.8 Å². The summed E-state index contributed by atoms with van der Waals surface area (Å²) in [6.45, 7) is 4.71. The van der Waals surface area contributed by atoms with Crippen molar-refractivity contribution in [2.75, 3.05) is 18.4 Å². The molecule has 2 heterocycles. The molecule has 0 aliphatic carbocycles. The van der Waals surface area contributed by atoms with Crippen LogP contribution in [-0.2, 0) is 17.8 Å². The minimum Gasteiger partial charge on any atom is -0.383 e. The molecule has 9 heteroatoms. The van der Waals surface area contributed by atoms with E-state index in [0.717, 1.165) is 23.3 Å². The van der Waals surface area contributed by atoms with Crippen LogP contribution >= 0.6 is 11.6 Å². The van der Waals surface area contributed by atoms with E-state index in [1.165, 1.54) is 11.8 Å². The highest BCUT2D eigenvalue weighted by molar-refractivity contribution is 6.30. The van der Waals surface area contributed by atoms with Crippen LogP contribution in [0.4, 0.5) is 5.69 Å². The van der Waals surface area contributed by atoms with Gasteiger partial charge in [0.1, 0.15) is 11.3 Å². The molecule has 0 aliphatic rings. The van der Waals surface area contributed by atoms with Crippen molar-refractivity contribution < 1.29 is 9.59 Å². The fourth-order valence-corrected chi connectivity index (χ4v) is 3.36. The number of carbonyl (C=O) groups excluding carboxylic acids is 2. The van der Waals surface area contributed by atoms with Gasteiger partial charge in [-0.1, -0.05) is 30.7 Å². The molecule has 3 aromatic rings. The highest BCUT2D eigenvalue weighted by Gasteiger charge is 2.18. The lowest BCUT2D eigenvalue weighted by Gasteiger charge is -2.15. The first kappa shape index (κ1) is 22.3. The summed E-state index contributed by atoms with van der Waals surface area (Å²) in [7, 11) is 0. The van der Waals surface area contributed by atoms with E-state index in [9.17, 15) is 9.59 Å². The van der Waals surface area contributed by atoms with Crippen LogP contribution < -0.4 is 10.6 Å². The minimum absolute atomic E-state index is 0.164. The van der Waals surface area contributed by atoms with Gasteiger partial charge in [0.2, 0.25) is 5.91 Å². The molecule has 0 bridgehead atoms. The van der Waals surface area contributed by atoms with Gasteiger partial charge in [-0.15, -0.1) is 0 Å². The normalized spacial score (nSPS) is 10.7. The Labute approximate surface area is 185 Å². The van der Waals surface area contributed by atoms with Crippen LogP contribution in [0.5, 0.6) is 0 Å². The number of nitrogens with one attached hydrogen (secondary N) is 3. The molecule has 0 radical (unpaired) electrons. The summed E-state index contributed by atoms with van der Waals surface area (Å²) in [5.41, 5.74) is 3.76. The van der Waals surface area contributed by atoms with Crippen LogP contribution in [0, 0.1) is 5.41 Å². The van der Waals surface area contributed by atoms with E-state index in [1.54, 1.807) is 22.7 Å². The third-order valence-corrected chi connectivity index (χ3v) is 5.08. The van der Waals surface area contributed by atoms with E-state index < -0.39 is 0 Å². The van der Waals surface area contributed by atoms with Crippen molar-refractivity contribution in [3.8, 4) is 0 Å². The fourth-order valence-electron chi connectivity index (χ4n) is 3.19. The van der Waals surface area contributed by atoms with Crippen molar-refractivity contribution in [1.29, 1.82) is 5.41 Å². The van der Waals surface area contributed by atoms with Gasteiger partial charge in [-0.25, -0.2) is 4.98 Å². The number of benzene rings is 1. The van der Waals surface area contributed by atoms with Crippen LogP contribution in [-0.4, -0.2) is 45.5 Å². The molecule has 31 heavy (non-hydrogen) atoms. The molecule has 0 atom stereocenters. The number of aromatic nitrogens is 2. The van der Waals surface area contributed by atoms with Gasteiger partial charge >= 0.3 is 0 Å². The molecule has 162 valence electrons. The summed E-state index contributed by atoms with van der Waals surface area (Å²) in [6, 6.07) is 11.2. The van der Waals surface area contributed by atoms with Gasteiger partial charge in [-0.3, -0.25) is 19.4 Å². The Morgan fingerprint density at radius 3 is 2.61 bits per heavy atom. The lowest BCUT2D eigenvalue weighted by atomic mass is 10.2. The number of carbonyl (C=O) groups is 2. The van der Waals surface area contributed by atoms with E-state index >= 15 is 0 Å². The lowest BCUT2D eigenvalue weighted by molar-refractivity contribution is -0.124. The van der Waals surface area contributed by atoms with Crippen molar-refractivity contribution in [3.63, 3.8) is 0 Å². The smallest absolute Gasteiger partial charge is 0.270 e. The highest BCUT2D eigenvalue weighted by atomic mass is 35.5. The molecule has 2 amide bonds. The number of anilines is 1. The Hall–Kier alpha value is -3.39. The maximum Gasteiger partial charge on any atom is 0.270 e. The first-order valence-electron chi connectivity index (χ1n) is 9.98. The number of rotatable bonds is 9. The average molecular weight is 441 g/mol. The lowest BCUT2D eigenvalue weighted by Crippen LogP contribution is -2.31. The molecular weight excluding hydrogens is 416 g/mol. The van der Waals surface area contributed by atoms with E-state index in [-0.39, 0.29) is 11.8 Å². The summed E-state index contributed by atoms with van der Waals surface area (Å²) >= 11 is 6.10. The number of halogens is 1. The van der Waals surface area contributed by atoms with Crippen LogP contribution in [0.15, 0.2) is 42.6 Å². The quantitative estimate of drug-likeness (QED) is 0.350. The van der Waals surface area contributed by atoms with Gasteiger partial charge in [0, 0.05) is 38.4 Å². The molecular formula is C22H25ClN6O2. The third-order valence-electron chi connectivity index (χ3n) is 4.85. The van der Waals surface area contributed by atoms with Crippen molar-refractivity contribution >= 4 is 41.1 Å². The second-order valence-corrected chi connectivity index (χ2v) is 7.42. The second kappa shape index (κ2) is 10.1. The molecule has 1 aromatic carbocycles. The summed E-state index contributed by atoms with van der Waals surface area (Å²) in [4.78, 5) is 30.0. The number of fused-ring (bicyclic) bond motifs is 1. The maximum atomic E-state index is 12.9.